The van der Waals surface area contributed by atoms with E-state index in [9.17, 15) is 0 Å². The van der Waals surface area contributed by atoms with Gasteiger partial charge in [0, 0.05) is 0 Å². The summed E-state index contributed by atoms with van der Waals surface area (Å²) in [6.07, 6.45) is 17.1. The van der Waals surface area contributed by atoms with Gasteiger partial charge in [-0.2, -0.15) is 10.2 Å². The summed E-state index contributed by atoms with van der Waals surface area (Å²) in [5.74, 6) is 0. The summed E-state index contributed by atoms with van der Waals surface area (Å²) in [6, 6.07) is 20.6. The molecule has 2 aromatic rings. The molecule has 0 unspecified atom stereocenters. The highest BCUT2D eigenvalue weighted by Gasteiger charge is 1.98. The Morgan fingerprint density at radius 2 is 1.09 bits per heavy atom. The molecule has 0 radical (unpaired) electrons. The molecule has 34 heavy (non-hydrogen) atoms. The first-order valence-electron chi connectivity index (χ1n) is 12.3. The molecule has 0 saturated carbocycles. The zero-order chi connectivity index (χ0) is 24.3. The fourth-order valence-electron chi connectivity index (χ4n) is 3.41. The number of hydrogen-bond acceptors (Lipinski definition) is 3. The van der Waals surface area contributed by atoms with Crippen molar-refractivity contribution in [1.82, 2.24) is 10.9 Å². The van der Waals surface area contributed by atoms with E-state index in [2.05, 4.69) is 71.3 Å². The van der Waals surface area contributed by atoms with E-state index < -0.39 is 0 Å². The molecule has 180 valence electrons. The Morgan fingerprint density at radius 1 is 0.676 bits per heavy atom. The molecule has 0 aliphatic heterocycles. The van der Waals surface area contributed by atoms with Crippen molar-refractivity contribution in [3.8, 4) is 0 Å². The lowest BCUT2D eigenvalue weighted by molar-refractivity contribution is 0.724. The lowest BCUT2D eigenvalue weighted by atomic mass is 10.1. The number of allylic oxidation sites excluding steroid dienone is 2. The van der Waals surface area contributed by atoms with Gasteiger partial charge in [0.05, 0.1) is 12.4 Å². The predicted molar refractivity (Wildman–Crippen MR) is 153 cm³/mol. The molecule has 0 aromatic heterocycles. The topological polar surface area (TPSA) is 48.8 Å². The summed E-state index contributed by atoms with van der Waals surface area (Å²) >= 11 is 5.34. The van der Waals surface area contributed by atoms with E-state index in [1.807, 2.05) is 48.8 Å². The van der Waals surface area contributed by atoms with Gasteiger partial charge in [0.15, 0.2) is 0 Å². The van der Waals surface area contributed by atoms with Crippen molar-refractivity contribution < 1.29 is 0 Å². The molecule has 0 aliphatic carbocycles. The molecule has 2 N–H and O–H groups in total. The van der Waals surface area contributed by atoms with Gasteiger partial charge in [-0.25, -0.2) is 0 Å². The van der Waals surface area contributed by atoms with Gasteiger partial charge < -0.3 is 0 Å². The lowest BCUT2D eigenvalue weighted by Crippen LogP contribution is -2.28. The van der Waals surface area contributed by atoms with Crippen LogP contribution in [0.3, 0.4) is 0 Å². The van der Waals surface area contributed by atoms with Crippen molar-refractivity contribution >= 4 is 41.9 Å². The first kappa shape index (κ1) is 27.2. The van der Waals surface area contributed by atoms with Gasteiger partial charge in [-0.05, 0) is 60.2 Å². The Bertz CT molecular complexity index is 869. The normalized spacial score (nSPS) is 12.4. The first-order chi connectivity index (χ1) is 16.7. The predicted octanol–water partition coefficient (Wildman–Crippen LogP) is 7.75. The quantitative estimate of drug-likeness (QED) is 0.127. The summed E-state index contributed by atoms with van der Waals surface area (Å²) in [7, 11) is 0. The Labute approximate surface area is 211 Å². The van der Waals surface area contributed by atoms with Crippen LogP contribution in [0.5, 0.6) is 0 Å². The van der Waals surface area contributed by atoms with E-state index in [0.717, 1.165) is 25.7 Å². The molecule has 5 heteroatoms. The summed E-state index contributed by atoms with van der Waals surface area (Å²) in [5.41, 5.74) is 10.4. The zero-order valence-electron chi connectivity index (χ0n) is 20.5. The minimum absolute atomic E-state index is 0.368. The van der Waals surface area contributed by atoms with Crippen molar-refractivity contribution in [3.05, 3.63) is 82.9 Å². The second kappa shape index (κ2) is 17.4. The highest BCUT2D eigenvalue weighted by molar-refractivity contribution is 7.80. The van der Waals surface area contributed by atoms with Crippen LogP contribution >= 0.6 is 12.2 Å². The van der Waals surface area contributed by atoms with E-state index in [1.165, 1.54) is 48.0 Å². The molecule has 4 nitrogen and oxygen atoms in total. The summed E-state index contributed by atoms with van der Waals surface area (Å²) in [6.45, 7) is 4.43. The summed E-state index contributed by atoms with van der Waals surface area (Å²) in [5, 5.41) is 9.04. The van der Waals surface area contributed by atoms with Gasteiger partial charge >= 0.3 is 0 Å². The van der Waals surface area contributed by atoms with Gasteiger partial charge in [0.2, 0.25) is 5.11 Å². The highest BCUT2D eigenvalue weighted by atomic mass is 32.1. The fraction of sp³-hybridized carbons (Fsp3) is 0.345. The Kier molecular flexibility index (Phi) is 13.9. The molecule has 0 atom stereocenters. The van der Waals surface area contributed by atoms with Crippen LogP contribution in [-0.2, 0) is 0 Å². The molecular formula is C29H38N4S. The molecule has 0 bridgehead atoms. The minimum atomic E-state index is 0.368. The maximum atomic E-state index is 5.34. The van der Waals surface area contributed by atoms with Crippen molar-refractivity contribution in [2.75, 3.05) is 0 Å². The SMILES string of the molecule is CCCCCC(C=NNC(=S)NN=CC(=Cc1ccccc1)CCCCC)=Cc1ccccc1. The second-order valence-corrected chi connectivity index (χ2v) is 8.65. The third kappa shape index (κ3) is 12.3. The van der Waals surface area contributed by atoms with Gasteiger partial charge in [-0.15, -0.1) is 0 Å². The van der Waals surface area contributed by atoms with Crippen molar-refractivity contribution in [2.45, 2.75) is 65.2 Å². The maximum Gasteiger partial charge on any atom is 0.207 e. The van der Waals surface area contributed by atoms with Crippen LogP contribution in [0, 0.1) is 0 Å². The fourth-order valence-corrected chi connectivity index (χ4v) is 3.51. The standard InChI is InChI=1S/C29H38N4S/c1-3-5-9-19-27(21-25-15-11-7-12-16-25)23-30-32-29(34)33-31-24-28(20-10-6-4-2)22-26-17-13-8-14-18-26/h7-8,11-18,21-24H,3-6,9-10,19-20H2,1-2H3,(H2,32,33,34). The van der Waals surface area contributed by atoms with Crippen LogP contribution in [0.2, 0.25) is 0 Å². The van der Waals surface area contributed by atoms with Gasteiger partial charge in [-0.1, -0.05) is 112 Å². The number of benzene rings is 2. The molecule has 0 aliphatic rings. The summed E-state index contributed by atoms with van der Waals surface area (Å²) in [4.78, 5) is 0. The van der Waals surface area contributed by atoms with E-state index in [0.29, 0.717) is 5.11 Å². The van der Waals surface area contributed by atoms with Crippen molar-refractivity contribution in [1.29, 1.82) is 0 Å². The third-order valence-electron chi connectivity index (χ3n) is 5.23. The van der Waals surface area contributed by atoms with Gasteiger partial charge in [-0.3, -0.25) is 10.9 Å². The number of hydrazone groups is 2. The van der Waals surface area contributed by atoms with E-state index in [-0.39, 0.29) is 0 Å². The van der Waals surface area contributed by atoms with E-state index in [4.69, 9.17) is 12.2 Å². The molecule has 0 heterocycles. The van der Waals surface area contributed by atoms with E-state index >= 15 is 0 Å². The number of unbranched alkanes of at least 4 members (excludes halogenated alkanes) is 4. The lowest BCUT2D eigenvalue weighted by Gasteiger charge is -2.05. The van der Waals surface area contributed by atoms with Gasteiger partial charge in [0.25, 0.3) is 0 Å². The number of nitrogens with zero attached hydrogens (tertiary/aromatic N) is 2. The monoisotopic (exact) mass is 474 g/mol. The number of nitrogens with one attached hydrogen (secondary N) is 2. The Morgan fingerprint density at radius 3 is 1.47 bits per heavy atom. The van der Waals surface area contributed by atoms with Crippen LogP contribution in [0.25, 0.3) is 12.2 Å². The molecule has 0 fully saturated rings. The highest BCUT2D eigenvalue weighted by Crippen LogP contribution is 2.13. The van der Waals surface area contributed by atoms with Crippen LogP contribution in [0.1, 0.15) is 76.3 Å². The molecular weight excluding hydrogens is 436 g/mol. The van der Waals surface area contributed by atoms with Crippen molar-refractivity contribution in [3.63, 3.8) is 0 Å². The smallest absolute Gasteiger partial charge is 0.207 e. The van der Waals surface area contributed by atoms with Crippen LogP contribution in [0.15, 0.2) is 82.0 Å². The molecule has 0 spiro atoms. The second-order valence-electron chi connectivity index (χ2n) is 8.24. The molecule has 0 saturated heterocycles. The first-order valence-corrected chi connectivity index (χ1v) is 12.8. The van der Waals surface area contributed by atoms with Crippen molar-refractivity contribution in [2.24, 2.45) is 10.2 Å². The Hall–Kier alpha value is -3.05. The zero-order valence-corrected chi connectivity index (χ0v) is 21.4. The average Bonchev–Trinajstić information content (AvgIpc) is 2.85. The van der Waals surface area contributed by atoms with Crippen LogP contribution < -0.4 is 10.9 Å². The summed E-state index contributed by atoms with van der Waals surface area (Å²) < 4.78 is 0. The number of thiocarbonyl (C=S) groups is 1. The Balaban J connectivity index is 1.93. The van der Waals surface area contributed by atoms with Crippen LogP contribution in [-0.4, -0.2) is 17.5 Å². The number of rotatable bonds is 14. The van der Waals surface area contributed by atoms with E-state index in [1.54, 1.807) is 0 Å². The van der Waals surface area contributed by atoms with Crippen LogP contribution in [0.4, 0.5) is 0 Å². The molecule has 2 rings (SSSR count). The minimum Gasteiger partial charge on any atom is -0.252 e. The third-order valence-corrected chi connectivity index (χ3v) is 5.42. The number of hydrogen-bond donors (Lipinski definition) is 2. The molecule has 0 amide bonds. The maximum absolute atomic E-state index is 5.34. The molecule has 2 aromatic carbocycles. The largest absolute Gasteiger partial charge is 0.252 e. The average molecular weight is 475 g/mol. The van der Waals surface area contributed by atoms with Gasteiger partial charge in [0.1, 0.15) is 0 Å².